The summed E-state index contributed by atoms with van der Waals surface area (Å²) in [5.74, 6) is 1.88. The Morgan fingerprint density at radius 3 is 2.89 bits per heavy atom. The number of nitrogens with one attached hydrogen (secondary N) is 1. The van der Waals surface area contributed by atoms with Crippen molar-refractivity contribution >= 4 is 17.5 Å². The summed E-state index contributed by atoms with van der Waals surface area (Å²) in [7, 11) is 0. The van der Waals surface area contributed by atoms with E-state index in [1.807, 2.05) is 0 Å². The topological polar surface area (TPSA) is 29.1 Å². The van der Waals surface area contributed by atoms with Crippen molar-refractivity contribution in [3.63, 3.8) is 0 Å². The fourth-order valence-corrected chi connectivity index (χ4v) is 5.39. The SMILES string of the molecule is C[C@@H]1C(Cl)=CC2C3CCCC(C(=O)N3)C1C21CC1. The van der Waals surface area contributed by atoms with Gasteiger partial charge in [0, 0.05) is 22.9 Å². The zero-order valence-electron chi connectivity index (χ0n) is 10.8. The van der Waals surface area contributed by atoms with Crippen LogP contribution in [0.15, 0.2) is 11.1 Å². The molecule has 0 aromatic carbocycles. The average molecular weight is 266 g/mol. The van der Waals surface area contributed by atoms with Crippen molar-refractivity contribution in [2.75, 3.05) is 0 Å². The first kappa shape index (κ1) is 11.3. The summed E-state index contributed by atoms with van der Waals surface area (Å²) in [5.41, 5.74) is 0.409. The summed E-state index contributed by atoms with van der Waals surface area (Å²) >= 11 is 6.48. The van der Waals surface area contributed by atoms with Gasteiger partial charge in [-0.3, -0.25) is 4.79 Å². The van der Waals surface area contributed by atoms with Gasteiger partial charge in [-0.15, -0.1) is 0 Å². The van der Waals surface area contributed by atoms with Gasteiger partial charge in [-0.2, -0.15) is 0 Å². The van der Waals surface area contributed by atoms with Crippen molar-refractivity contribution in [1.29, 1.82) is 0 Å². The quantitative estimate of drug-likeness (QED) is 0.717. The van der Waals surface area contributed by atoms with E-state index in [1.165, 1.54) is 19.3 Å². The summed E-state index contributed by atoms with van der Waals surface area (Å²) < 4.78 is 0. The monoisotopic (exact) mass is 265 g/mol. The standard InChI is InChI=1S/C15H20ClNO/c1-8-11(16)7-10-12-4-2-3-9(14(18)17-12)13(8)15(10)5-6-15/h7-10,12-13H,2-6H2,1H3,(H,17,18)/t8-,9?,10?,12?,13?/m1/s1. The van der Waals surface area contributed by atoms with Crippen molar-refractivity contribution in [3.05, 3.63) is 11.1 Å². The molecule has 1 N–H and O–H groups in total. The Bertz CT molecular complexity index is 440. The maximum atomic E-state index is 12.4. The minimum atomic E-state index is 0.208. The van der Waals surface area contributed by atoms with Crippen LogP contribution in [-0.4, -0.2) is 11.9 Å². The van der Waals surface area contributed by atoms with Crippen molar-refractivity contribution in [1.82, 2.24) is 5.32 Å². The predicted octanol–water partition coefficient (Wildman–Crippen LogP) is 3.07. The normalized spacial score (nSPS) is 48.2. The molecule has 2 aliphatic heterocycles. The van der Waals surface area contributed by atoms with E-state index in [0.717, 1.165) is 17.9 Å². The second kappa shape index (κ2) is 3.53. The Kier molecular flexibility index (Phi) is 2.22. The lowest BCUT2D eigenvalue weighted by Crippen LogP contribution is -2.42. The van der Waals surface area contributed by atoms with E-state index in [1.54, 1.807) is 0 Å². The van der Waals surface area contributed by atoms with Gasteiger partial charge >= 0.3 is 0 Å². The molecule has 3 fully saturated rings. The van der Waals surface area contributed by atoms with E-state index >= 15 is 0 Å². The van der Waals surface area contributed by atoms with Crippen LogP contribution in [0.25, 0.3) is 0 Å². The molecule has 2 aliphatic carbocycles. The van der Waals surface area contributed by atoms with E-state index < -0.39 is 0 Å². The van der Waals surface area contributed by atoms with Gasteiger partial charge in [-0.1, -0.05) is 31.0 Å². The molecule has 0 radical (unpaired) electrons. The second-order valence-electron chi connectivity index (χ2n) is 6.78. The van der Waals surface area contributed by atoms with Gasteiger partial charge in [0.2, 0.25) is 5.91 Å². The third kappa shape index (κ3) is 1.28. The Labute approximate surface area is 113 Å². The van der Waals surface area contributed by atoms with Gasteiger partial charge in [0.1, 0.15) is 0 Å². The van der Waals surface area contributed by atoms with Crippen LogP contribution in [0.5, 0.6) is 0 Å². The summed E-state index contributed by atoms with van der Waals surface area (Å²) in [5, 5.41) is 4.32. The number of allylic oxidation sites excluding steroid dienone is 1. The van der Waals surface area contributed by atoms with Gasteiger partial charge in [-0.25, -0.2) is 0 Å². The van der Waals surface area contributed by atoms with Crippen LogP contribution in [-0.2, 0) is 4.79 Å². The molecule has 4 aliphatic rings. The first-order valence-electron chi connectivity index (χ1n) is 7.31. The Morgan fingerprint density at radius 2 is 2.17 bits per heavy atom. The summed E-state index contributed by atoms with van der Waals surface area (Å²) in [6, 6.07) is 0.344. The molecule has 18 heavy (non-hydrogen) atoms. The molecule has 1 spiro atoms. The molecular weight excluding hydrogens is 246 g/mol. The highest BCUT2D eigenvalue weighted by Crippen LogP contribution is 2.68. The van der Waals surface area contributed by atoms with Crippen LogP contribution >= 0.6 is 11.6 Å². The largest absolute Gasteiger partial charge is 0.353 e. The fourth-order valence-electron chi connectivity index (χ4n) is 5.12. The van der Waals surface area contributed by atoms with Crippen molar-refractivity contribution in [2.24, 2.45) is 29.1 Å². The van der Waals surface area contributed by atoms with Crippen molar-refractivity contribution in [3.8, 4) is 0 Å². The van der Waals surface area contributed by atoms with Crippen LogP contribution in [0.4, 0.5) is 0 Å². The Hall–Kier alpha value is -0.500. The summed E-state index contributed by atoms with van der Waals surface area (Å²) in [4.78, 5) is 12.4. The number of rotatable bonds is 0. The molecule has 5 atom stereocenters. The molecule has 1 amide bonds. The predicted molar refractivity (Wildman–Crippen MR) is 71.0 cm³/mol. The summed E-state index contributed by atoms with van der Waals surface area (Å²) in [6.45, 7) is 2.22. The number of hydrogen-bond donors (Lipinski definition) is 1. The zero-order chi connectivity index (χ0) is 12.5. The molecule has 0 aromatic rings. The van der Waals surface area contributed by atoms with E-state index in [-0.39, 0.29) is 5.92 Å². The molecule has 4 unspecified atom stereocenters. The third-order valence-corrected chi connectivity index (χ3v) is 6.50. The molecule has 3 heteroatoms. The molecule has 2 heterocycles. The van der Waals surface area contributed by atoms with Crippen LogP contribution in [0, 0.1) is 29.1 Å². The van der Waals surface area contributed by atoms with Crippen LogP contribution < -0.4 is 5.32 Å². The van der Waals surface area contributed by atoms with Gasteiger partial charge in [-0.05, 0) is 42.9 Å². The molecule has 2 saturated heterocycles. The number of carbonyl (C=O) groups excluding carboxylic acids is 1. The van der Waals surface area contributed by atoms with Crippen molar-refractivity contribution in [2.45, 2.75) is 45.1 Å². The molecule has 4 rings (SSSR count). The van der Waals surface area contributed by atoms with E-state index in [4.69, 9.17) is 11.6 Å². The Balaban J connectivity index is 1.90. The first-order valence-corrected chi connectivity index (χ1v) is 7.69. The van der Waals surface area contributed by atoms with Gasteiger partial charge in [0.15, 0.2) is 0 Å². The molecule has 2 nitrogen and oxygen atoms in total. The maximum absolute atomic E-state index is 12.4. The molecule has 1 saturated carbocycles. The fraction of sp³-hybridized carbons (Fsp3) is 0.800. The molecule has 0 aromatic heterocycles. The van der Waals surface area contributed by atoms with Crippen molar-refractivity contribution < 1.29 is 4.79 Å². The minimum absolute atomic E-state index is 0.208. The Morgan fingerprint density at radius 1 is 1.39 bits per heavy atom. The number of halogens is 1. The van der Waals surface area contributed by atoms with E-state index in [0.29, 0.717) is 35.1 Å². The second-order valence-corrected chi connectivity index (χ2v) is 7.21. The molecule has 4 bridgehead atoms. The average Bonchev–Trinajstić information content (AvgIpc) is 3.12. The first-order chi connectivity index (χ1) is 8.63. The van der Waals surface area contributed by atoms with Gasteiger partial charge in [0.05, 0.1) is 0 Å². The van der Waals surface area contributed by atoms with Gasteiger partial charge in [0.25, 0.3) is 0 Å². The smallest absolute Gasteiger partial charge is 0.223 e. The minimum Gasteiger partial charge on any atom is -0.353 e. The van der Waals surface area contributed by atoms with Gasteiger partial charge < -0.3 is 5.32 Å². The maximum Gasteiger partial charge on any atom is 0.223 e. The zero-order valence-corrected chi connectivity index (χ0v) is 11.5. The number of amides is 1. The third-order valence-electron chi connectivity index (χ3n) is 6.03. The molecular formula is C15H20ClNO. The number of hydrogen-bond acceptors (Lipinski definition) is 1. The molecule has 98 valence electrons. The highest BCUT2D eigenvalue weighted by Gasteiger charge is 2.64. The number of fused-ring (bicyclic) bond motifs is 5. The lowest BCUT2D eigenvalue weighted by atomic mass is 9.60. The lowest BCUT2D eigenvalue weighted by molar-refractivity contribution is -0.127. The van der Waals surface area contributed by atoms with E-state index in [9.17, 15) is 4.79 Å². The summed E-state index contributed by atoms with van der Waals surface area (Å²) in [6.07, 6.45) is 8.28. The highest BCUT2D eigenvalue weighted by atomic mass is 35.5. The van der Waals surface area contributed by atoms with E-state index in [2.05, 4.69) is 18.3 Å². The number of carbonyl (C=O) groups is 1. The highest BCUT2D eigenvalue weighted by molar-refractivity contribution is 6.30. The lowest BCUT2D eigenvalue weighted by Gasteiger charge is -2.44. The van der Waals surface area contributed by atoms with Crippen LogP contribution in [0.3, 0.4) is 0 Å². The van der Waals surface area contributed by atoms with Crippen LogP contribution in [0.1, 0.15) is 39.0 Å². The van der Waals surface area contributed by atoms with Crippen LogP contribution in [0.2, 0.25) is 0 Å².